The largest absolute Gasteiger partial charge is 0.360 e. The van der Waals surface area contributed by atoms with E-state index in [2.05, 4.69) is 178 Å². The zero-order valence-corrected chi connectivity index (χ0v) is 27.5. The van der Waals surface area contributed by atoms with Gasteiger partial charge in [0, 0.05) is 44.5 Å². The molecule has 0 fully saturated rings. The normalized spacial score (nSPS) is 15.8. The van der Waals surface area contributed by atoms with Gasteiger partial charge in [-0.3, -0.25) is 4.99 Å². The summed E-state index contributed by atoms with van der Waals surface area (Å²) in [7, 11) is 0. The highest BCUT2D eigenvalue weighted by Gasteiger charge is 2.24. The van der Waals surface area contributed by atoms with Crippen LogP contribution in [0.2, 0.25) is 0 Å². The van der Waals surface area contributed by atoms with Gasteiger partial charge in [0.1, 0.15) is 6.17 Å². The molecule has 4 heteroatoms. The van der Waals surface area contributed by atoms with Gasteiger partial charge in [0.05, 0.1) is 22.3 Å². The molecule has 6 aromatic carbocycles. The van der Waals surface area contributed by atoms with E-state index in [0.717, 1.165) is 40.9 Å². The van der Waals surface area contributed by atoms with E-state index in [-0.39, 0.29) is 6.17 Å². The Morgan fingerprint density at radius 2 is 1.06 bits per heavy atom. The second kappa shape index (κ2) is 11.6. The molecule has 50 heavy (non-hydrogen) atoms. The molecule has 3 heterocycles. The third kappa shape index (κ3) is 4.64. The van der Waals surface area contributed by atoms with Crippen molar-refractivity contribution in [3.63, 3.8) is 0 Å². The Labute approximate surface area is 291 Å². The van der Waals surface area contributed by atoms with Gasteiger partial charge in [0.15, 0.2) is 0 Å². The average molecular weight is 643 g/mol. The average Bonchev–Trinajstić information content (AvgIpc) is 3.71. The highest BCUT2D eigenvalue weighted by molar-refractivity contribution is 6.13. The van der Waals surface area contributed by atoms with Gasteiger partial charge in [0.25, 0.3) is 0 Å². The molecule has 0 bridgehead atoms. The molecule has 1 aliphatic heterocycles. The molecule has 2 aliphatic rings. The fraction of sp³-hybridized carbons (Fsp3) is 0.0652. The van der Waals surface area contributed by atoms with E-state index < -0.39 is 0 Å². The number of benzene rings is 6. The Kier molecular flexibility index (Phi) is 6.66. The minimum absolute atomic E-state index is 0.202. The molecule has 10 rings (SSSR count). The summed E-state index contributed by atoms with van der Waals surface area (Å²) in [6, 6.07) is 56.4. The number of fused-ring (bicyclic) bond motifs is 6. The zero-order valence-electron chi connectivity index (χ0n) is 27.5. The first kappa shape index (κ1) is 28.6. The first-order valence-corrected chi connectivity index (χ1v) is 17.4. The van der Waals surface area contributed by atoms with Crippen molar-refractivity contribution in [2.45, 2.75) is 19.0 Å². The van der Waals surface area contributed by atoms with Crippen molar-refractivity contribution in [3.05, 3.63) is 192 Å². The predicted molar refractivity (Wildman–Crippen MR) is 208 cm³/mol. The molecular formula is C46H34N4. The lowest BCUT2D eigenvalue weighted by Gasteiger charge is -2.25. The maximum absolute atomic E-state index is 5.20. The Morgan fingerprint density at radius 3 is 1.72 bits per heavy atom. The summed E-state index contributed by atoms with van der Waals surface area (Å²) < 4.78 is 4.95. The number of aromatic nitrogens is 2. The van der Waals surface area contributed by atoms with Gasteiger partial charge in [-0.25, -0.2) is 0 Å². The van der Waals surface area contributed by atoms with Crippen LogP contribution >= 0.6 is 0 Å². The lowest BCUT2D eigenvalue weighted by atomic mass is 9.99. The first-order chi connectivity index (χ1) is 24.8. The number of hydrogen-bond acceptors (Lipinski definition) is 2. The Balaban J connectivity index is 1.05. The third-order valence-corrected chi connectivity index (χ3v) is 10.3. The van der Waals surface area contributed by atoms with Gasteiger partial charge in [-0.05, 0) is 72.0 Å². The Hall–Kier alpha value is -6.39. The number of hydrogen-bond donors (Lipinski definition) is 1. The van der Waals surface area contributed by atoms with Crippen molar-refractivity contribution in [2.75, 3.05) is 0 Å². The van der Waals surface area contributed by atoms with Gasteiger partial charge < -0.3 is 14.5 Å². The second-order valence-electron chi connectivity index (χ2n) is 13.2. The minimum Gasteiger partial charge on any atom is -0.360 e. The molecule has 0 amide bonds. The van der Waals surface area contributed by atoms with Crippen LogP contribution in [0.4, 0.5) is 0 Å². The van der Waals surface area contributed by atoms with Crippen LogP contribution in [-0.4, -0.2) is 14.8 Å². The van der Waals surface area contributed by atoms with Crippen LogP contribution in [0.15, 0.2) is 169 Å². The summed E-state index contributed by atoms with van der Waals surface area (Å²) in [5, 5.41) is 7.61. The highest BCUT2D eigenvalue weighted by Crippen LogP contribution is 2.40. The maximum atomic E-state index is 5.20. The van der Waals surface area contributed by atoms with Crippen LogP contribution in [0.3, 0.4) is 0 Å². The van der Waals surface area contributed by atoms with E-state index in [1.165, 1.54) is 55.4 Å². The maximum Gasteiger partial charge on any atom is 0.145 e. The van der Waals surface area contributed by atoms with Crippen molar-refractivity contribution in [2.24, 2.45) is 4.99 Å². The standard InChI is InChI=1S/C46H34N4/c1-3-13-31(14-4-1)40-30-41(32-15-5-2-6-16-32)48-46(47-40)33-23-25-34(26-24-33)49-44-22-12-9-19-38(44)39-29-35(27-28-45(39)49)50-42-20-10-7-17-36(42)37-18-8-11-21-43(37)50/h1-26,29-30,46-47H,27-28H2. The molecule has 1 N–H and O–H groups in total. The number of nitrogens with one attached hydrogen (secondary N) is 1. The van der Waals surface area contributed by atoms with E-state index in [4.69, 9.17) is 4.99 Å². The van der Waals surface area contributed by atoms with E-state index in [1.807, 2.05) is 6.07 Å². The monoisotopic (exact) mass is 642 g/mol. The van der Waals surface area contributed by atoms with Gasteiger partial charge in [-0.2, -0.15) is 0 Å². The summed E-state index contributed by atoms with van der Waals surface area (Å²) in [6.45, 7) is 0. The number of allylic oxidation sites excluding steroid dienone is 2. The first-order valence-electron chi connectivity index (χ1n) is 17.4. The van der Waals surface area contributed by atoms with Crippen molar-refractivity contribution in [1.82, 2.24) is 14.5 Å². The van der Waals surface area contributed by atoms with Gasteiger partial charge >= 0.3 is 0 Å². The van der Waals surface area contributed by atoms with Crippen molar-refractivity contribution >= 4 is 55.9 Å². The van der Waals surface area contributed by atoms with Gasteiger partial charge in [-0.1, -0.05) is 127 Å². The van der Waals surface area contributed by atoms with Crippen molar-refractivity contribution in [1.29, 1.82) is 0 Å². The van der Waals surface area contributed by atoms with Crippen molar-refractivity contribution in [3.8, 4) is 5.69 Å². The van der Waals surface area contributed by atoms with Crippen LogP contribution in [0.5, 0.6) is 0 Å². The van der Waals surface area contributed by atoms with E-state index in [9.17, 15) is 0 Å². The van der Waals surface area contributed by atoms with E-state index >= 15 is 0 Å². The predicted octanol–water partition coefficient (Wildman–Crippen LogP) is 10.8. The molecule has 1 aliphatic carbocycles. The molecule has 0 radical (unpaired) electrons. The van der Waals surface area contributed by atoms with Crippen molar-refractivity contribution < 1.29 is 0 Å². The lowest BCUT2D eigenvalue weighted by molar-refractivity contribution is 0.664. The molecule has 1 unspecified atom stereocenters. The molecule has 8 aromatic rings. The minimum atomic E-state index is -0.202. The molecule has 238 valence electrons. The summed E-state index contributed by atoms with van der Waals surface area (Å²) in [5.41, 5.74) is 14.4. The van der Waals surface area contributed by atoms with Gasteiger partial charge in [0.2, 0.25) is 0 Å². The smallest absolute Gasteiger partial charge is 0.145 e. The summed E-state index contributed by atoms with van der Waals surface area (Å²) in [4.78, 5) is 5.20. The molecule has 4 nitrogen and oxygen atoms in total. The zero-order chi connectivity index (χ0) is 33.0. The topological polar surface area (TPSA) is 34.2 Å². The molecule has 2 aromatic heterocycles. The van der Waals surface area contributed by atoms with Crippen LogP contribution in [0.1, 0.15) is 40.5 Å². The SMILES string of the molecule is C1=C(c2ccccc2)NC(c2ccc(-n3c4c(c5ccccc53)C=C(n3c5ccccc5c5ccccc53)CC4)cc2)N=C1c1ccccc1. The fourth-order valence-corrected chi connectivity index (χ4v) is 7.96. The van der Waals surface area contributed by atoms with E-state index in [1.54, 1.807) is 0 Å². The molecular weight excluding hydrogens is 609 g/mol. The third-order valence-electron chi connectivity index (χ3n) is 10.3. The second-order valence-corrected chi connectivity index (χ2v) is 13.2. The van der Waals surface area contributed by atoms with Crippen LogP contribution < -0.4 is 5.32 Å². The fourth-order valence-electron chi connectivity index (χ4n) is 7.96. The summed E-state index contributed by atoms with van der Waals surface area (Å²) in [5.74, 6) is 0. The van der Waals surface area contributed by atoms with E-state index in [0.29, 0.717) is 0 Å². The van der Waals surface area contributed by atoms with Gasteiger partial charge in [-0.15, -0.1) is 0 Å². The van der Waals surface area contributed by atoms with Crippen LogP contribution in [0.25, 0.3) is 55.9 Å². The number of rotatable bonds is 5. The molecule has 1 atom stereocenters. The molecule has 0 spiro atoms. The van der Waals surface area contributed by atoms with Crippen LogP contribution in [-0.2, 0) is 6.42 Å². The van der Waals surface area contributed by atoms with Crippen LogP contribution in [0, 0.1) is 0 Å². The summed E-state index contributed by atoms with van der Waals surface area (Å²) in [6.07, 6.45) is 6.31. The Morgan fingerprint density at radius 1 is 0.500 bits per heavy atom. The Bertz CT molecular complexity index is 2600. The molecule has 0 saturated heterocycles. The highest BCUT2D eigenvalue weighted by atomic mass is 15.1. The molecule has 0 saturated carbocycles. The number of nitrogens with zero attached hydrogens (tertiary/aromatic N) is 3. The summed E-state index contributed by atoms with van der Waals surface area (Å²) >= 11 is 0. The quantitative estimate of drug-likeness (QED) is 0.199. The lowest BCUT2D eigenvalue weighted by Crippen LogP contribution is -2.24. The number of para-hydroxylation sites is 3. The number of aliphatic imine (C=N–C) groups is 1.